The molecular weight excluding hydrogens is 430 g/mol. The Kier molecular flexibility index (Phi) is 4.17. The fourth-order valence-electron chi connectivity index (χ4n) is 2.79. The molecule has 3 rings (SSSR count). The maximum atomic E-state index is 13.9. The lowest BCUT2D eigenvalue weighted by atomic mass is 10.2. The van der Waals surface area contributed by atoms with Crippen molar-refractivity contribution in [3.63, 3.8) is 0 Å². The van der Waals surface area contributed by atoms with Gasteiger partial charge in [-0.1, -0.05) is 0 Å². The molecule has 1 atom stereocenters. The number of hydrogen-bond donors (Lipinski definition) is 0. The number of sulfone groups is 1. The number of hydrogen-bond acceptors (Lipinski definition) is 3. The Balaban J connectivity index is 2.18. The second kappa shape index (κ2) is 5.66. The number of aryl methyl sites for hydroxylation is 1. The third-order valence-electron chi connectivity index (χ3n) is 3.70. The molecule has 8 heteroatoms. The van der Waals surface area contributed by atoms with Gasteiger partial charge in [-0.15, -0.1) is 11.6 Å². The van der Waals surface area contributed by atoms with E-state index in [0.29, 0.717) is 33.3 Å². The normalized spacial score (nSPS) is 21.2. The molecule has 4 nitrogen and oxygen atoms in total. The van der Waals surface area contributed by atoms with Gasteiger partial charge in [-0.2, -0.15) is 0 Å². The van der Waals surface area contributed by atoms with E-state index in [9.17, 15) is 12.8 Å². The minimum atomic E-state index is -3.02. The minimum Gasteiger partial charge on any atom is -0.324 e. The highest BCUT2D eigenvalue weighted by atomic mass is 127. The van der Waals surface area contributed by atoms with Gasteiger partial charge < -0.3 is 4.57 Å². The highest BCUT2D eigenvalue weighted by Gasteiger charge is 2.31. The van der Waals surface area contributed by atoms with E-state index in [1.54, 1.807) is 6.07 Å². The van der Waals surface area contributed by atoms with E-state index in [-0.39, 0.29) is 23.4 Å². The van der Waals surface area contributed by atoms with Gasteiger partial charge in [0.2, 0.25) is 0 Å². The molecule has 1 aliphatic heterocycles. The summed E-state index contributed by atoms with van der Waals surface area (Å²) >= 11 is 7.74. The van der Waals surface area contributed by atoms with Crippen molar-refractivity contribution in [1.29, 1.82) is 0 Å². The van der Waals surface area contributed by atoms with Crippen molar-refractivity contribution in [3.8, 4) is 0 Å². The number of aromatic nitrogens is 2. The maximum Gasteiger partial charge on any atom is 0.152 e. The lowest BCUT2D eigenvalue weighted by molar-refractivity contribution is 0.546. The molecule has 21 heavy (non-hydrogen) atoms. The number of alkyl halides is 1. The van der Waals surface area contributed by atoms with E-state index in [4.69, 9.17) is 11.6 Å². The third kappa shape index (κ3) is 2.92. The largest absolute Gasteiger partial charge is 0.324 e. The second-order valence-corrected chi connectivity index (χ2v) is 8.92. The molecule has 0 spiro atoms. The van der Waals surface area contributed by atoms with Gasteiger partial charge in [-0.25, -0.2) is 17.8 Å². The molecule has 114 valence electrons. The molecule has 1 aromatic heterocycles. The summed E-state index contributed by atoms with van der Waals surface area (Å²) in [4.78, 5) is 4.51. The van der Waals surface area contributed by atoms with Gasteiger partial charge in [0.05, 0.1) is 32.2 Å². The highest BCUT2D eigenvalue weighted by molar-refractivity contribution is 14.1. The van der Waals surface area contributed by atoms with Crippen molar-refractivity contribution in [1.82, 2.24) is 9.55 Å². The van der Waals surface area contributed by atoms with E-state index in [0.717, 1.165) is 5.82 Å². The first-order valence-electron chi connectivity index (χ1n) is 6.53. The van der Waals surface area contributed by atoms with Gasteiger partial charge in [0.15, 0.2) is 9.84 Å². The predicted molar refractivity (Wildman–Crippen MR) is 89.1 cm³/mol. The van der Waals surface area contributed by atoms with E-state index in [1.807, 2.05) is 27.2 Å². The molecule has 0 N–H and O–H groups in total. The van der Waals surface area contributed by atoms with Crippen LogP contribution in [0.2, 0.25) is 0 Å². The number of halogens is 3. The van der Waals surface area contributed by atoms with E-state index in [1.165, 1.54) is 6.07 Å². The van der Waals surface area contributed by atoms with E-state index >= 15 is 0 Å². The average Bonchev–Trinajstić information content (AvgIpc) is 2.91. The van der Waals surface area contributed by atoms with Crippen LogP contribution < -0.4 is 0 Å². The van der Waals surface area contributed by atoms with Crippen LogP contribution in [0.15, 0.2) is 12.1 Å². The molecular formula is C13H13ClFIN2O2S. The fraction of sp³-hybridized carbons (Fsp3) is 0.462. The fourth-order valence-corrected chi connectivity index (χ4v) is 5.11. The lowest BCUT2D eigenvalue weighted by Crippen LogP contribution is -2.14. The molecule has 1 aliphatic rings. The standard InChI is InChI=1S/C13H13ClFIN2O2S/c14-3-1-13-17-11-6-10(16)9(15)5-12(11)18(13)8-2-4-21(19,20)7-8/h5-6,8H,1-4,7H2. The Labute approximate surface area is 140 Å². The van der Waals surface area contributed by atoms with Gasteiger partial charge >= 0.3 is 0 Å². The molecule has 1 fully saturated rings. The number of nitrogens with zero attached hydrogens (tertiary/aromatic N) is 2. The topological polar surface area (TPSA) is 52.0 Å². The molecule has 0 radical (unpaired) electrons. The molecule has 2 aromatic rings. The van der Waals surface area contributed by atoms with Gasteiger partial charge in [0.25, 0.3) is 0 Å². The van der Waals surface area contributed by atoms with Crippen LogP contribution in [0, 0.1) is 9.39 Å². The predicted octanol–water partition coefficient (Wildman–Crippen LogP) is 2.92. The summed E-state index contributed by atoms with van der Waals surface area (Å²) in [6.07, 6.45) is 1.07. The first-order chi connectivity index (χ1) is 9.91. The van der Waals surface area contributed by atoms with Gasteiger partial charge in [-0.05, 0) is 35.1 Å². The minimum absolute atomic E-state index is 0.0847. The van der Waals surface area contributed by atoms with Crippen molar-refractivity contribution in [2.75, 3.05) is 17.4 Å². The highest BCUT2D eigenvalue weighted by Crippen LogP contribution is 2.31. The zero-order valence-corrected chi connectivity index (χ0v) is 14.8. The Bertz CT molecular complexity index is 806. The lowest BCUT2D eigenvalue weighted by Gasteiger charge is -2.15. The number of fused-ring (bicyclic) bond motifs is 1. The van der Waals surface area contributed by atoms with Gasteiger partial charge in [-0.3, -0.25) is 0 Å². The molecule has 0 saturated carbocycles. The molecule has 2 heterocycles. The van der Waals surface area contributed by atoms with Crippen LogP contribution in [0.1, 0.15) is 18.3 Å². The van der Waals surface area contributed by atoms with E-state index < -0.39 is 9.84 Å². The van der Waals surface area contributed by atoms with Crippen molar-refractivity contribution < 1.29 is 12.8 Å². The average molecular weight is 443 g/mol. The first-order valence-corrected chi connectivity index (χ1v) is 9.97. The molecule has 1 saturated heterocycles. The van der Waals surface area contributed by atoms with Crippen LogP contribution >= 0.6 is 34.2 Å². The second-order valence-electron chi connectivity index (χ2n) is 5.15. The Morgan fingerprint density at radius 2 is 2.24 bits per heavy atom. The van der Waals surface area contributed by atoms with Crippen molar-refractivity contribution in [3.05, 3.63) is 27.3 Å². The molecule has 0 amide bonds. The van der Waals surface area contributed by atoms with E-state index in [2.05, 4.69) is 4.98 Å². The van der Waals surface area contributed by atoms with Gasteiger partial charge in [0, 0.05) is 18.4 Å². The quantitative estimate of drug-likeness (QED) is 0.542. The number of imidazole rings is 1. The third-order valence-corrected chi connectivity index (χ3v) is 6.46. The SMILES string of the molecule is O=S1(=O)CCC(n2c(CCCl)nc3cc(I)c(F)cc32)C1. The summed E-state index contributed by atoms with van der Waals surface area (Å²) < 4.78 is 39.7. The van der Waals surface area contributed by atoms with Crippen LogP contribution in [0.4, 0.5) is 4.39 Å². The van der Waals surface area contributed by atoms with Crippen LogP contribution in [0.25, 0.3) is 11.0 Å². The van der Waals surface area contributed by atoms with Crippen LogP contribution in [-0.2, 0) is 16.3 Å². The number of rotatable bonds is 3. The summed E-state index contributed by atoms with van der Waals surface area (Å²) in [5.41, 5.74) is 1.33. The summed E-state index contributed by atoms with van der Waals surface area (Å²) in [5.74, 6) is 1.06. The monoisotopic (exact) mass is 442 g/mol. The number of benzene rings is 1. The van der Waals surface area contributed by atoms with Crippen LogP contribution in [0.3, 0.4) is 0 Å². The van der Waals surface area contributed by atoms with Crippen LogP contribution in [-0.4, -0.2) is 35.4 Å². The van der Waals surface area contributed by atoms with Crippen molar-refractivity contribution in [2.45, 2.75) is 18.9 Å². The summed E-state index contributed by atoms with van der Waals surface area (Å²) in [5, 5.41) is 0. The maximum absolute atomic E-state index is 13.9. The summed E-state index contributed by atoms with van der Waals surface area (Å²) in [7, 11) is -3.02. The van der Waals surface area contributed by atoms with Crippen LogP contribution in [0.5, 0.6) is 0 Å². The Hall–Kier alpha value is -0.410. The Morgan fingerprint density at radius 3 is 2.86 bits per heavy atom. The van der Waals surface area contributed by atoms with Crippen molar-refractivity contribution >= 4 is 55.1 Å². The summed E-state index contributed by atoms with van der Waals surface area (Å²) in [6.45, 7) is 0. The molecule has 0 aliphatic carbocycles. The Morgan fingerprint density at radius 1 is 1.48 bits per heavy atom. The first kappa shape index (κ1) is 15.5. The van der Waals surface area contributed by atoms with Crippen molar-refractivity contribution in [2.24, 2.45) is 0 Å². The zero-order chi connectivity index (χ0) is 15.2. The smallest absolute Gasteiger partial charge is 0.152 e. The zero-order valence-electron chi connectivity index (χ0n) is 11.0. The summed E-state index contributed by atoms with van der Waals surface area (Å²) in [6, 6.07) is 2.94. The molecule has 1 unspecified atom stereocenters. The molecule has 0 bridgehead atoms. The molecule has 1 aromatic carbocycles. The van der Waals surface area contributed by atoms with Gasteiger partial charge in [0.1, 0.15) is 11.6 Å².